The second-order valence-corrected chi connectivity index (χ2v) is 6.33. The minimum absolute atomic E-state index is 0.105. The molecule has 0 saturated carbocycles. The average Bonchev–Trinajstić information content (AvgIpc) is 2.46. The molecule has 0 unspecified atom stereocenters. The lowest BCUT2D eigenvalue weighted by atomic mass is 10.0. The first-order chi connectivity index (χ1) is 9.99. The second-order valence-electron chi connectivity index (χ2n) is 6.33. The van der Waals surface area contributed by atoms with Gasteiger partial charge in [0, 0.05) is 31.9 Å². The van der Waals surface area contributed by atoms with Gasteiger partial charge in [-0.1, -0.05) is 32.0 Å². The monoisotopic (exact) mass is 289 g/mol. The summed E-state index contributed by atoms with van der Waals surface area (Å²) in [6.07, 6.45) is 0.761. The third-order valence-electron chi connectivity index (χ3n) is 4.09. The first kappa shape index (κ1) is 15.8. The number of nitrogens with two attached hydrogens (primary N) is 1. The molecular weight excluding hydrogens is 262 g/mol. The largest absolute Gasteiger partial charge is 0.368 e. The molecule has 116 valence electrons. The van der Waals surface area contributed by atoms with Gasteiger partial charge in [-0.05, 0) is 30.9 Å². The summed E-state index contributed by atoms with van der Waals surface area (Å²) < 4.78 is 0. The Kier molecular flexibility index (Phi) is 5.23. The van der Waals surface area contributed by atoms with Gasteiger partial charge in [-0.25, -0.2) is 0 Å². The molecule has 1 atom stereocenters. The van der Waals surface area contributed by atoms with Crippen LogP contribution in [-0.2, 0) is 4.79 Å². The highest BCUT2D eigenvalue weighted by Gasteiger charge is 2.26. The number of rotatable bonds is 4. The molecule has 4 heteroatoms. The van der Waals surface area contributed by atoms with E-state index in [0.29, 0.717) is 5.92 Å². The van der Waals surface area contributed by atoms with E-state index in [1.54, 1.807) is 0 Å². The van der Waals surface area contributed by atoms with Crippen molar-refractivity contribution in [2.45, 2.75) is 33.2 Å². The van der Waals surface area contributed by atoms with Crippen molar-refractivity contribution in [2.75, 3.05) is 31.1 Å². The number of carbonyl (C=O) groups is 1. The van der Waals surface area contributed by atoms with Crippen LogP contribution in [0.4, 0.5) is 5.69 Å². The van der Waals surface area contributed by atoms with Crippen molar-refractivity contribution in [3.8, 4) is 0 Å². The summed E-state index contributed by atoms with van der Waals surface area (Å²) in [7, 11) is 0. The third kappa shape index (κ3) is 3.97. The Bertz CT molecular complexity index is 479. The minimum atomic E-state index is -0.352. The Balaban J connectivity index is 1.91. The summed E-state index contributed by atoms with van der Waals surface area (Å²) in [4.78, 5) is 16.6. The van der Waals surface area contributed by atoms with Gasteiger partial charge in [-0.15, -0.1) is 0 Å². The second kappa shape index (κ2) is 6.94. The normalized spacial score (nSPS) is 17.2. The highest BCUT2D eigenvalue weighted by molar-refractivity contribution is 5.82. The fourth-order valence-electron chi connectivity index (χ4n) is 2.93. The van der Waals surface area contributed by atoms with E-state index in [9.17, 15) is 4.79 Å². The molecule has 1 aromatic carbocycles. The first-order valence-electron chi connectivity index (χ1n) is 7.84. The van der Waals surface area contributed by atoms with Crippen LogP contribution in [0.5, 0.6) is 0 Å². The topological polar surface area (TPSA) is 49.6 Å². The molecule has 0 aliphatic carbocycles. The molecule has 1 heterocycles. The van der Waals surface area contributed by atoms with E-state index in [-0.39, 0.29) is 11.9 Å². The van der Waals surface area contributed by atoms with Gasteiger partial charge in [0.2, 0.25) is 5.91 Å². The number of piperazine rings is 1. The third-order valence-corrected chi connectivity index (χ3v) is 4.09. The Morgan fingerprint density at radius 2 is 1.81 bits per heavy atom. The van der Waals surface area contributed by atoms with Crippen LogP contribution in [0, 0.1) is 12.8 Å². The molecule has 4 nitrogen and oxygen atoms in total. The van der Waals surface area contributed by atoms with Gasteiger partial charge in [0.25, 0.3) is 0 Å². The number of carbonyl (C=O) groups excluding carboxylic acids is 1. The molecule has 21 heavy (non-hydrogen) atoms. The summed E-state index contributed by atoms with van der Waals surface area (Å²) in [5.74, 6) is 0.561. The van der Waals surface area contributed by atoms with Gasteiger partial charge in [0.05, 0.1) is 6.04 Å². The maximum absolute atomic E-state index is 12.3. The maximum Gasteiger partial charge on any atom is 0.239 e. The summed E-state index contributed by atoms with van der Waals surface area (Å²) in [6.45, 7) is 9.62. The quantitative estimate of drug-likeness (QED) is 0.922. The van der Waals surface area contributed by atoms with E-state index in [4.69, 9.17) is 5.73 Å². The zero-order valence-corrected chi connectivity index (χ0v) is 13.4. The Morgan fingerprint density at radius 3 is 2.38 bits per heavy atom. The smallest absolute Gasteiger partial charge is 0.239 e. The Hall–Kier alpha value is -1.55. The molecular formula is C17H27N3O. The van der Waals surface area contributed by atoms with Gasteiger partial charge >= 0.3 is 0 Å². The van der Waals surface area contributed by atoms with Crippen molar-refractivity contribution in [3.05, 3.63) is 29.8 Å². The predicted molar refractivity (Wildman–Crippen MR) is 87.4 cm³/mol. The van der Waals surface area contributed by atoms with Crippen molar-refractivity contribution < 1.29 is 4.79 Å². The lowest BCUT2D eigenvalue weighted by Gasteiger charge is -2.37. The van der Waals surface area contributed by atoms with Crippen LogP contribution in [0.25, 0.3) is 0 Å². The fraction of sp³-hybridized carbons (Fsp3) is 0.588. The lowest BCUT2D eigenvalue weighted by Crippen LogP contribution is -2.53. The van der Waals surface area contributed by atoms with E-state index >= 15 is 0 Å². The SMILES string of the molecule is Cc1ccccc1N1CCN(C(=O)[C@@H](N)CC(C)C)CC1. The Labute approximate surface area is 127 Å². The molecule has 1 aliphatic rings. The van der Waals surface area contributed by atoms with Crippen LogP contribution in [0.1, 0.15) is 25.8 Å². The van der Waals surface area contributed by atoms with Crippen molar-refractivity contribution in [1.82, 2.24) is 4.90 Å². The number of benzene rings is 1. The van der Waals surface area contributed by atoms with E-state index in [1.807, 2.05) is 4.90 Å². The number of hydrogen-bond acceptors (Lipinski definition) is 3. The van der Waals surface area contributed by atoms with E-state index in [0.717, 1.165) is 32.6 Å². The van der Waals surface area contributed by atoms with E-state index < -0.39 is 0 Å². The van der Waals surface area contributed by atoms with E-state index in [2.05, 4.69) is 49.9 Å². The minimum Gasteiger partial charge on any atom is -0.368 e. The van der Waals surface area contributed by atoms with Crippen LogP contribution >= 0.6 is 0 Å². The van der Waals surface area contributed by atoms with Crippen LogP contribution in [0.15, 0.2) is 24.3 Å². The van der Waals surface area contributed by atoms with Crippen molar-refractivity contribution in [3.63, 3.8) is 0 Å². The summed E-state index contributed by atoms with van der Waals surface area (Å²) >= 11 is 0. The number of aryl methyl sites for hydroxylation is 1. The molecule has 1 aromatic rings. The number of para-hydroxylation sites is 1. The average molecular weight is 289 g/mol. The molecule has 1 aliphatic heterocycles. The molecule has 0 spiro atoms. The molecule has 1 fully saturated rings. The fourth-order valence-corrected chi connectivity index (χ4v) is 2.93. The van der Waals surface area contributed by atoms with Crippen LogP contribution < -0.4 is 10.6 Å². The molecule has 0 aromatic heterocycles. The van der Waals surface area contributed by atoms with Gasteiger partial charge in [-0.2, -0.15) is 0 Å². The molecule has 0 bridgehead atoms. The number of nitrogens with zero attached hydrogens (tertiary/aromatic N) is 2. The van der Waals surface area contributed by atoms with Crippen LogP contribution in [0.3, 0.4) is 0 Å². The highest BCUT2D eigenvalue weighted by Crippen LogP contribution is 2.21. The number of hydrogen-bond donors (Lipinski definition) is 1. The lowest BCUT2D eigenvalue weighted by molar-refractivity contribution is -0.133. The summed E-state index contributed by atoms with van der Waals surface area (Å²) in [5.41, 5.74) is 8.57. The van der Waals surface area contributed by atoms with Crippen molar-refractivity contribution >= 4 is 11.6 Å². The van der Waals surface area contributed by atoms with Crippen molar-refractivity contribution in [2.24, 2.45) is 11.7 Å². The van der Waals surface area contributed by atoms with Crippen LogP contribution in [-0.4, -0.2) is 43.0 Å². The molecule has 0 radical (unpaired) electrons. The van der Waals surface area contributed by atoms with Crippen LogP contribution in [0.2, 0.25) is 0 Å². The number of anilines is 1. The summed E-state index contributed by atoms with van der Waals surface area (Å²) in [6, 6.07) is 8.06. The molecule has 1 amide bonds. The summed E-state index contributed by atoms with van der Waals surface area (Å²) in [5, 5.41) is 0. The zero-order valence-electron chi connectivity index (χ0n) is 13.4. The maximum atomic E-state index is 12.3. The van der Waals surface area contributed by atoms with E-state index in [1.165, 1.54) is 11.3 Å². The zero-order chi connectivity index (χ0) is 15.4. The first-order valence-corrected chi connectivity index (χ1v) is 7.84. The highest BCUT2D eigenvalue weighted by atomic mass is 16.2. The molecule has 2 N–H and O–H groups in total. The predicted octanol–water partition coefficient (Wildman–Crippen LogP) is 2.02. The van der Waals surface area contributed by atoms with Gasteiger partial charge in [0.15, 0.2) is 0 Å². The van der Waals surface area contributed by atoms with Gasteiger partial charge in [0.1, 0.15) is 0 Å². The molecule has 2 rings (SSSR count). The van der Waals surface area contributed by atoms with Crippen molar-refractivity contribution in [1.29, 1.82) is 0 Å². The standard InChI is InChI=1S/C17H27N3O/c1-13(2)12-15(18)17(21)20-10-8-19(9-11-20)16-7-5-4-6-14(16)3/h4-7,13,15H,8-12,18H2,1-3H3/t15-/m0/s1. The van der Waals surface area contributed by atoms with Gasteiger partial charge in [-0.3, -0.25) is 4.79 Å². The van der Waals surface area contributed by atoms with Gasteiger partial charge < -0.3 is 15.5 Å². The molecule has 1 saturated heterocycles. The Morgan fingerprint density at radius 1 is 1.19 bits per heavy atom. The number of amides is 1.